The van der Waals surface area contributed by atoms with Crippen LogP contribution in [-0.2, 0) is 0 Å². The summed E-state index contributed by atoms with van der Waals surface area (Å²) in [5.41, 5.74) is 1.15. The van der Waals surface area contributed by atoms with Crippen molar-refractivity contribution in [2.45, 2.75) is 6.92 Å². The summed E-state index contributed by atoms with van der Waals surface area (Å²) < 4.78 is 0. The van der Waals surface area contributed by atoms with E-state index in [1.807, 2.05) is 13.0 Å². The van der Waals surface area contributed by atoms with Crippen LogP contribution in [0.4, 0.5) is 0 Å². The van der Waals surface area contributed by atoms with Crippen molar-refractivity contribution in [1.29, 1.82) is 0 Å². The van der Waals surface area contributed by atoms with E-state index < -0.39 is 7.26 Å². The van der Waals surface area contributed by atoms with Crippen LogP contribution in [0.15, 0.2) is 127 Å². The van der Waals surface area contributed by atoms with Crippen LogP contribution in [0.2, 0.25) is 0 Å². The Kier molecular flexibility index (Phi) is 6.58. The first-order valence-electron chi connectivity index (χ1n) is 9.29. The summed E-state index contributed by atoms with van der Waals surface area (Å²) in [5, 5.41) is 4.17. The average molecular weight is 369 g/mol. The SMILES string of the molecule is C=C(/C=C\C=C/C)C[P+](c1ccccc1)(c1ccccc1)c1ccccc1. The van der Waals surface area contributed by atoms with Gasteiger partial charge in [0.15, 0.2) is 0 Å². The highest BCUT2D eigenvalue weighted by atomic mass is 31.2. The standard InChI is InChI=1S/C26H26P/c1-3-4-8-15-23(2)22-27(24-16-9-5-10-17-24,25-18-11-6-12-19-25)26-20-13-7-14-21-26/h3-21H,2,22H2,1H3/q+1/b4-3-,15-8-. The van der Waals surface area contributed by atoms with Crippen molar-refractivity contribution in [2.75, 3.05) is 6.16 Å². The van der Waals surface area contributed by atoms with Crippen LogP contribution in [0.1, 0.15) is 6.92 Å². The second kappa shape index (κ2) is 9.31. The van der Waals surface area contributed by atoms with Gasteiger partial charge < -0.3 is 0 Å². The van der Waals surface area contributed by atoms with E-state index in [2.05, 4.69) is 116 Å². The predicted octanol–water partition coefficient (Wildman–Crippen LogP) is 5.67. The largest absolute Gasteiger partial charge is 0.116 e. The second-order valence-corrected chi connectivity index (χ2v) is 10.0. The van der Waals surface area contributed by atoms with E-state index >= 15 is 0 Å². The van der Waals surface area contributed by atoms with Crippen molar-refractivity contribution >= 4 is 23.2 Å². The lowest BCUT2D eigenvalue weighted by Gasteiger charge is -2.28. The van der Waals surface area contributed by atoms with Gasteiger partial charge in [-0.25, -0.2) is 0 Å². The lowest BCUT2D eigenvalue weighted by Crippen LogP contribution is -2.33. The molecular formula is C26H26P+. The summed E-state index contributed by atoms with van der Waals surface area (Å²) >= 11 is 0. The first kappa shape index (κ1) is 19.1. The third kappa shape index (κ3) is 4.35. The fourth-order valence-electron chi connectivity index (χ4n) is 3.43. The Bertz CT molecular complexity index is 810. The summed E-state index contributed by atoms with van der Waals surface area (Å²) in [7, 11) is -1.83. The molecule has 0 amide bonds. The van der Waals surface area contributed by atoms with Gasteiger partial charge in [-0.3, -0.25) is 0 Å². The van der Waals surface area contributed by atoms with Gasteiger partial charge >= 0.3 is 0 Å². The van der Waals surface area contributed by atoms with Crippen molar-refractivity contribution in [2.24, 2.45) is 0 Å². The number of allylic oxidation sites excluding steroid dienone is 5. The molecule has 3 aromatic rings. The van der Waals surface area contributed by atoms with Gasteiger partial charge in [-0.15, -0.1) is 0 Å². The van der Waals surface area contributed by atoms with Gasteiger partial charge in [-0.05, 0) is 48.9 Å². The zero-order chi connectivity index (χ0) is 19.0. The molecule has 0 atom stereocenters. The maximum atomic E-state index is 4.39. The molecule has 0 heterocycles. The summed E-state index contributed by atoms with van der Waals surface area (Å²) in [6.45, 7) is 6.43. The fourth-order valence-corrected chi connectivity index (χ4v) is 7.63. The molecule has 0 aliphatic heterocycles. The Balaban J connectivity index is 2.21. The molecule has 0 radical (unpaired) electrons. The minimum absolute atomic E-state index is 0.930. The second-order valence-electron chi connectivity index (χ2n) is 6.52. The first-order chi connectivity index (χ1) is 13.3. The highest BCUT2D eigenvalue weighted by molar-refractivity contribution is 7.95. The molecule has 134 valence electrons. The van der Waals surface area contributed by atoms with Gasteiger partial charge in [0.25, 0.3) is 0 Å². The summed E-state index contributed by atoms with van der Waals surface area (Å²) in [6, 6.07) is 32.8. The maximum absolute atomic E-state index is 4.39. The normalized spacial score (nSPS) is 11.9. The minimum Gasteiger partial charge on any atom is -0.0922 e. The number of hydrogen-bond acceptors (Lipinski definition) is 0. The van der Waals surface area contributed by atoms with E-state index in [1.165, 1.54) is 15.9 Å². The highest BCUT2D eigenvalue weighted by Crippen LogP contribution is 2.56. The molecule has 0 N–H and O–H groups in total. The molecule has 0 aliphatic rings. The Morgan fingerprint density at radius 2 is 1.11 bits per heavy atom. The molecule has 0 fully saturated rings. The molecule has 0 bridgehead atoms. The zero-order valence-corrected chi connectivity index (χ0v) is 16.7. The highest BCUT2D eigenvalue weighted by Gasteiger charge is 2.45. The molecule has 0 nitrogen and oxygen atoms in total. The van der Waals surface area contributed by atoms with Crippen molar-refractivity contribution in [3.05, 3.63) is 127 Å². The maximum Gasteiger partial charge on any atom is 0.116 e. The van der Waals surface area contributed by atoms with Crippen LogP contribution in [0.5, 0.6) is 0 Å². The Morgan fingerprint density at radius 1 is 0.704 bits per heavy atom. The van der Waals surface area contributed by atoms with Crippen LogP contribution >= 0.6 is 7.26 Å². The summed E-state index contributed by atoms with van der Waals surface area (Å²) in [4.78, 5) is 0. The average Bonchev–Trinajstić information content (AvgIpc) is 2.74. The van der Waals surface area contributed by atoms with Gasteiger partial charge in [-0.2, -0.15) is 0 Å². The molecule has 0 aliphatic carbocycles. The van der Waals surface area contributed by atoms with Crippen molar-refractivity contribution in [3.63, 3.8) is 0 Å². The van der Waals surface area contributed by atoms with Crippen molar-refractivity contribution < 1.29 is 0 Å². The molecule has 3 rings (SSSR count). The monoisotopic (exact) mass is 369 g/mol. The fraction of sp³-hybridized carbons (Fsp3) is 0.0769. The third-order valence-corrected chi connectivity index (χ3v) is 9.09. The van der Waals surface area contributed by atoms with E-state index in [-0.39, 0.29) is 0 Å². The lowest BCUT2D eigenvalue weighted by molar-refractivity contribution is 1.53. The zero-order valence-electron chi connectivity index (χ0n) is 15.8. The predicted molar refractivity (Wildman–Crippen MR) is 123 cm³/mol. The van der Waals surface area contributed by atoms with E-state index in [4.69, 9.17) is 0 Å². The van der Waals surface area contributed by atoms with Crippen LogP contribution in [0.25, 0.3) is 0 Å². The van der Waals surface area contributed by atoms with Crippen LogP contribution in [-0.4, -0.2) is 6.16 Å². The van der Waals surface area contributed by atoms with Crippen LogP contribution < -0.4 is 15.9 Å². The first-order valence-corrected chi connectivity index (χ1v) is 11.3. The smallest absolute Gasteiger partial charge is 0.0922 e. The van der Waals surface area contributed by atoms with Gasteiger partial charge in [0.05, 0.1) is 6.16 Å². The lowest BCUT2D eigenvalue weighted by atomic mass is 10.3. The van der Waals surface area contributed by atoms with Crippen LogP contribution in [0, 0.1) is 0 Å². The van der Waals surface area contributed by atoms with Gasteiger partial charge in [0, 0.05) is 0 Å². The molecule has 0 spiro atoms. The summed E-state index contributed by atoms with van der Waals surface area (Å²) in [5.74, 6) is 0. The molecule has 0 saturated carbocycles. The van der Waals surface area contributed by atoms with E-state index in [0.717, 1.165) is 11.7 Å². The molecular weight excluding hydrogens is 343 g/mol. The minimum atomic E-state index is -1.83. The number of hydrogen-bond donors (Lipinski definition) is 0. The Hall–Kier alpha value is -2.69. The number of rotatable bonds is 7. The quantitative estimate of drug-likeness (QED) is 0.372. The molecule has 3 aromatic carbocycles. The van der Waals surface area contributed by atoms with E-state index in [0.29, 0.717) is 0 Å². The molecule has 1 heteroatoms. The Morgan fingerprint density at radius 3 is 1.48 bits per heavy atom. The van der Waals surface area contributed by atoms with Crippen molar-refractivity contribution in [1.82, 2.24) is 0 Å². The third-order valence-electron chi connectivity index (χ3n) is 4.67. The topological polar surface area (TPSA) is 0 Å². The molecule has 27 heavy (non-hydrogen) atoms. The van der Waals surface area contributed by atoms with E-state index in [1.54, 1.807) is 0 Å². The number of benzene rings is 3. The van der Waals surface area contributed by atoms with E-state index in [9.17, 15) is 0 Å². The Labute approximate surface area is 163 Å². The van der Waals surface area contributed by atoms with Gasteiger partial charge in [-0.1, -0.05) is 85.5 Å². The van der Waals surface area contributed by atoms with Gasteiger partial charge in [0.2, 0.25) is 0 Å². The van der Waals surface area contributed by atoms with Crippen LogP contribution in [0.3, 0.4) is 0 Å². The van der Waals surface area contributed by atoms with Crippen molar-refractivity contribution in [3.8, 4) is 0 Å². The molecule has 0 unspecified atom stereocenters. The summed E-state index contributed by atoms with van der Waals surface area (Å²) in [6.07, 6.45) is 9.25. The molecule has 0 aromatic heterocycles. The molecule has 0 saturated heterocycles. The van der Waals surface area contributed by atoms with Gasteiger partial charge in [0.1, 0.15) is 23.2 Å².